The van der Waals surface area contributed by atoms with E-state index in [-0.39, 0.29) is 10.3 Å². The average Bonchev–Trinajstić information content (AvgIpc) is 2.84. The Bertz CT molecular complexity index is 740. The maximum atomic E-state index is 12.8. The predicted molar refractivity (Wildman–Crippen MR) is 110 cm³/mol. The summed E-state index contributed by atoms with van der Waals surface area (Å²) >= 11 is 0. The highest BCUT2D eigenvalue weighted by Gasteiger charge is 2.39. The maximum Gasteiger partial charge on any atom is 0.316 e. The number of rotatable bonds is 8. The van der Waals surface area contributed by atoms with Crippen LogP contribution in [0.25, 0.3) is 6.08 Å². The first-order chi connectivity index (χ1) is 11.7. The number of aromatic nitrogens is 1. The molecular weight excluding hydrogens is 366 g/mol. The molecule has 0 saturated carbocycles. The molecule has 0 unspecified atom stereocenters. The lowest BCUT2D eigenvalue weighted by molar-refractivity contribution is 0.328. The third-order valence-electron chi connectivity index (χ3n) is 5.24. The minimum absolute atomic E-state index is 0.150. The van der Waals surface area contributed by atoms with E-state index in [2.05, 4.69) is 38.8 Å². The number of aryl methyl sites for hydroxylation is 1. The molecule has 0 atom stereocenters. The SMILES string of the molecule is CCCC(C)(C)S(=O)(=O)c1nc(/C=C/CO[Si](C)(C)C(C)(C)C)c(C)o1. The van der Waals surface area contributed by atoms with Crippen molar-refractivity contribution in [3.05, 3.63) is 17.5 Å². The molecule has 0 aliphatic heterocycles. The highest BCUT2D eigenvalue weighted by atomic mass is 32.2. The van der Waals surface area contributed by atoms with Gasteiger partial charge in [-0.15, -0.1) is 0 Å². The third kappa shape index (κ3) is 5.08. The van der Waals surface area contributed by atoms with Crippen molar-refractivity contribution < 1.29 is 17.3 Å². The Kier molecular flexibility index (Phi) is 7.10. The summed E-state index contributed by atoms with van der Waals surface area (Å²) in [5.41, 5.74) is 0.537. The van der Waals surface area contributed by atoms with Gasteiger partial charge in [0.05, 0.1) is 11.4 Å². The molecule has 26 heavy (non-hydrogen) atoms. The molecule has 1 aromatic heterocycles. The zero-order chi connectivity index (χ0) is 20.4. The second kappa shape index (κ2) is 7.98. The van der Waals surface area contributed by atoms with Crippen LogP contribution in [-0.4, -0.2) is 33.1 Å². The molecule has 0 spiro atoms. The number of oxazole rings is 1. The van der Waals surface area contributed by atoms with Gasteiger partial charge < -0.3 is 8.84 Å². The molecule has 1 heterocycles. The van der Waals surface area contributed by atoms with E-state index in [1.165, 1.54) is 0 Å². The first kappa shape index (κ1) is 23.1. The summed E-state index contributed by atoms with van der Waals surface area (Å²) in [7, 11) is -5.42. The van der Waals surface area contributed by atoms with E-state index in [1.54, 1.807) is 26.8 Å². The Morgan fingerprint density at radius 2 is 1.77 bits per heavy atom. The molecule has 0 bridgehead atoms. The van der Waals surface area contributed by atoms with Crippen LogP contribution >= 0.6 is 0 Å². The van der Waals surface area contributed by atoms with E-state index in [9.17, 15) is 8.42 Å². The van der Waals surface area contributed by atoms with E-state index in [4.69, 9.17) is 8.84 Å². The van der Waals surface area contributed by atoms with Crippen LogP contribution in [0.4, 0.5) is 0 Å². The summed E-state index contributed by atoms with van der Waals surface area (Å²) in [6, 6.07) is 0. The molecule has 0 aliphatic carbocycles. The Hall–Kier alpha value is -0.923. The van der Waals surface area contributed by atoms with Gasteiger partial charge in [-0.3, -0.25) is 0 Å². The first-order valence-electron chi connectivity index (χ1n) is 9.18. The van der Waals surface area contributed by atoms with Gasteiger partial charge in [0, 0.05) is 0 Å². The smallest absolute Gasteiger partial charge is 0.316 e. The summed E-state index contributed by atoms with van der Waals surface area (Å²) in [6.45, 7) is 18.6. The van der Waals surface area contributed by atoms with Gasteiger partial charge in [-0.1, -0.05) is 40.2 Å². The minimum atomic E-state index is -3.61. The van der Waals surface area contributed by atoms with Crippen LogP contribution in [0, 0.1) is 6.92 Å². The average molecular weight is 402 g/mol. The summed E-state index contributed by atoms with van der Waals surface area (Å²) in [4.78, 5) is 4.23. The summed E-state index contributed by atoms with van der Waals surface area (Å²) in [5, 5.41) is -0.0464. The van der Waals surface area contributed by atoms with Crippen LogP contribution in [0.3, 0.4) is 0 Å². The molecule has 1 rings (SSSR count). The van der Waals surface area contributed by atoms with Crippen molar-refractivity contribution in [3.63, 3.8) is 0 Å². The second-order valence-corrected chi connectivity index (χ2v) is 16.2. The molecule has 0 amide bonds. The summed E-state index contributed by atoms with van der Waals surface area (Å²) in [5.74, 6) is 0.499. The molecular formula is C19H35NO4SSi. The number of hydrogen-bond acceptors (Lipinski definition) is 5. The van der Waals surface area contributed by atoms with Gasteiger partial charge in [-0.2, -0.15) is 4.98 Å². The summed E-state index contributed by atoms with van der Waals surface area (Å²) in [6.07, 6.45) is 4.99. The van der Waals surface area contributed by atoms with Crippen molar-refractivity contribution in [1.29, 1.82) is 0 Å². The highest BCUT2D eigenvalue weighted by Crippen LogP contribution is 2.36. The standard InChI is InChI=1S/C19H35NO4SSi/c1-10-13-19(6,7)25(21,22)17-20-16(15(2)24-17)12-11-14-23-26(8,9)18(3,4)5/h11-12H,10,13-14H2,1-9H3/b12-11+. The monoisotopic (exact) mass is 401 g/mol. The molecule has 0 fully saturated rings. The van der Waals surface area contributed by atoms with E-state index in [1.807, 2.05) is 13.0 Å². The topological polar surface area (TPSA) is 69.4 Å². The molecule has 7 heteroatoms. The van der Waals surface area contributed by atoms with Gasteiger partial charge in [-0.25, -0.2) is 8.42 Å². The van der Waals surface area contributed by atoms with E-state index in [0.717, 1.165) is 6.42 Å². The van der Waals surface area contributed by atoms with Gasteiger partial charge >= 0.3 is 5.22 Å². The van der Waals surface area contributed by atoms with Crippen molar-refractivity contribution in [2.75, 3.05) is 6.61 Å². The molecule has 5 nitrogen and oxygen atoms in total. The molecule has 1 aromatic rings. The van der Waals surface area contributed by atoms with E-state index < -0.39 is 22.9 Å². The Morgan fingerprint density at radius 3 is 2.27 bits per heavy atom. The van der Waals surface area contributed by atoms with Crippen LogP contribution in [0.5, 0.6) is 0 Å². The Labute approximate surface area is 160 Å². The van der Waals surface area contributed by atoms with Crippen molar-refractivity contribution in [2.45, 2.75) is 89.4 Å². The zero-order valence-corrected chi connectivity index (χ0v) is 19.6. The molecule has 0 N–H and O–H groups in total. The third-order valence-corrected chi connectivity index (χ3v) is 12.0. The van der Waals surface area contributed by atoms with Crippen molar-refractivity contribution in [1.82, 2.24) is 4.98 Å². The van der Waals surface area contributed by atoms with Crippen LogP contribution in [0.15, 0.2) is 15.7 Å². The first-order valence-corrected chi connectivity index (χ1v) is 13.6. The largest absolute Gasteiger partial charge is 0.433 e. The van der Waals surface area contributed by atoms with Crippen LogP contribution in [0.1, 0.15) is 65.8 Å². The zero-order valence-electron chi connectivity index (χ0n) is 17.8. The minimum Gasteiger partial charge on any atom is -0.433 e. The van der Waals surface area contributed by atoms with Gasteiger partial charge in [0.25, 0.3) is 0 Å². The fraction of sp³-hybridized carbons (Fsp3) is 0.737. The normalized spacial score (nSPS) is 14.3. The number of hydrogen-bond donors (Lipinski definition) is 0. The van der Waals surface area contributed by atoms with E-state index >= 15 is 0 Å². The van der Waals surface area contributed by atoms with Gasteiger partial charge in [0.2, 0.25) is 9.84 Å². The summed E-state index contributed by atoms with van der Waals surface area (Å²) < 4.78 is 36.2. The molecule has 0 aliphatic rings. The Morgan fingerprint density at radius 1 is 1.19 bits per heavy atom. The number of nitrogens with zero attached hydrogens (tertiary/aromatic N) is 1. The lowest BCUT2D eigenvalue weighted by atomic mass is 10.1. The fourth-order valence-electron chi connectivity index (χ4n) is 2.26. The van der Waals surface area contributed by atoms with E-state index in [0.29, 0.717) is 24.5 Å². The van der Waals surface area contributed by atoms with Crippen molar-refractivity contribution in [2.24, 2.45) is 0 Å². The van der Waals surface area contributed by atoms with Gasteiger partial charge in [0.1, 0.15) is 11.5 Å². The molecule has 0 radical (unpaired) electrons. The quantitative estimate of drug-likeness (QED) is 0.548. The van der Waals surface area contributed by atoms with Crippen LogP contribution in [0.2, 0.25) is 18.1 Å². The Balaban J connectivity index is 2.93. The lowest BCUT2D eigenvalue weighted by Gasteiger charge is -2.35. The van der Waals surface area contributed by atoms with Gasteiger partial charge in [-0.05, 0) is 51.4 Å². The lowest BCUT2D eigenvalue weighted by Crippen LogP contribution is -2.40. The van der Waals surface area contributed by atoms with Crippen molar-refractivity contribution >= 4 is 24.2 Å². The maximum absolute atomic E-state index is 12.8. The molecule has 150 valence electrons. The fourth-order valence-corrected chi connectivity index (χ4v) is 4.60. The van der Waals surface area contributed by atoms with Crippen molar-refractivity contribution in [3.8, 4) is 0 Å². The predicted octanol–water partition coefficient (Wildman–Crippen LogP) is 5.37. The number of sulfone groups is 1. The second-order valence-electron chi connectivity index (χ2n) is 8.91. The van der Waals surface area contributed by atoms with Crippen LogP contribution in [-0.2, 0) is 14.3 Å². The molecule has 0 saturated heterocycles. The van der Waals surface area contributed by atoms with Crippen LogP contribution < -0.4 is 0 Å². The molecule has 0 aromatic carbocycles. The highest BCUT2D eigenvalue weighted by molar-refractivity contribution is 7.92. The van der Waals surface area contributed by atoms with Gasteiger partial charge in [0.15, 0.2) is 8.32 Å².